The molecule has 122 valence electrons. The van der Waals surface area contributed by atoms with Gasteiger partial charge in [0.2, 0.25) is 11.7 Å². The van der Waals surface area contributed by atoms with Gasteiger partial charge in [-0.2, -0.15) is 4.98 Å². The number of hydrogen-bond acceptors (Lipinski definition) is 6. The molecule has 1 aromatic carbocycles. The van der Waals surface area contributed by atoms with Crippen molar-refractivity contribution >= 4 is 28.8 Å². The second-order valence-corrected chi connectivity index (χ2v) is 6.65. The van der Waals surface area contributed by atoms with Crippen LogP contribution in [0.1, 0.15) is 11.5 Å². The third-order valence-electron chi connectivity index (χ3n) is 3.61. The lowest BCUT2D eigenvalue weighted by atomic mass is 10.1. The minimum absolute atomic E-state index is 0.161. The average molecular weight is 362 g/mol. The molecule has 1 aliphatic rings. The molecule has 0 aliphatic carbocycles. The highest BCUT2D eigenvalue weighted by Crippen LogP contribution is 2.31. The van der Waals surface area contributed by atoms with Crippen LogP contribution in [0.15, 0.2) is 40.2 Å². The zero-order chi connectivity index (χ0) is 16.5. The van der Waals surface area contributed by atoms with E-state index in [0.717, 1.165) is 10.4 Å². The Balaban J connectivity index is 1.36. The molecule has 0 bridgehead atoms. The van der Waals surface area contributed by atoms with E-state index in [-0.39, 0.29) is 12.5 Å². The lowest BCUT2D eigenvalue weighted by Gasteiger charge is -2.09. The number of carbonyl (C=O) groups is 1. The molecular formula is C16H12ClN3O3S. The number of rotatable bonds is 4. The SMILES string of the molecule is O=C(NCc1nc(-c2cccs2)no1)C1Cc2cc(Cl)ccc2O1. The summed E-state index contributed by atoms with van der Waals surface area (Å²) in [5, 5.41) is 9.23. The Hall–Kier alpha value is -2.38. The molecule has 8 heteroatoms. The smallest absolute Gasteiger partial charge is 0.261 e. The molecule has 1 atom stereocenters. The van der Waals surface area contributed by atoms with E-state index < -0.39 is 6.10 Å². The summed E-state index contributed by atoms with van der Waals surface area (Å²) < 4.78 is 10.8. The summed E-state index contributed by atoms with van der Waals surface area (Å²) in [6.45, 7) is 0.161. The number of amides is 1. The van der Waals surface area contributed by atoms with Crippen molar-refractivity contribution < 1.29 is 14.1 Å². The van der Waals surface area contributed by atoms with Crippen LogP contribution in [0, 0.1) is 0 Å². The zero-order valence-electron chi connectivity index (χ0n) is 12.4. The van der Waals surface area contributed by atoms with Gasteiger partial charge in [0.15, 0.2) is 6.10 Å². The van der Waals surface area contributed by atoms with Crippen molar-refractivity contribution in [2.24, 2.45) is 0 Å². The van der Waals surface area contributed by atoms with Crippen LogP contribution in [0.4, 0.5) is 0 Å². The van der Waals surface area contributed by atoms with Crippen LogP contribution in [0.5, 0.6) is 5.75 Å². The molecule has 3 aromatic rings. The highest BCUT2D eigenvalue weighted by Gasteiger charge is 2.29. The first kappa shape index (κ1) is 15.2. The number of aromatic nitrogens is 2. The van der Waals surface area contributed by atoms with Crippen molar-refractivity contribution in [2.75, 3.05) is 0 Å². The van der Waals surface area contributed by atoms with Crippen molar-refractivity contribution in [3.05, 3.63) is 52.2 Å². The number of benzene rings is 1. The fraction of sp³-hybridized carbons (Fsp3) is 0.188. The van der Waals surface area contributed by atoms with E-state index >= 15 is 0 Å². The van der Waals surface area contributed by atoms with Gasteiger partial charge >= 0.3 is 0 Å². The molecule has 4 rings (SSSR count). The fourth-order valence-electron chi connectivity index (χ4n) is 2.47. The van der Waals surface area contributed by atoms with Crippen LogP contribution in [-0.2, 0) is 17.8 Å². The Bertz CT molecular complexity index is 879. The Morgan fingerprint density at radius 2 is 2.33 bits per heavy atom. The van der Waals surface area contributed by atoms with E-state index in [1.807, 2.05) is 23.6 Å². The van der Waals surface area contributed by atoms with Crippen LogP contribution in [0.2, 0.25) is 5.02 Å². The number of halogens is 1. The largest absolute Gasteiger partial charge is 0.480 e. The lowest BCUT2D eigenvalue weighted by molar-refractivity contribution is -0.127. The van der Waals surface area contributed by atoms with Gasteiger partial charge in [-0.05, 0) is 35.2 Å². The van der Waals surface area contributed by atoms with Crippen LogP contribution in [0.25, 0.3) is 10.7 Å². The summed E-state index contributed by atoms with van der Waals surface area (Å²) >= 11 is 7.48. The van der Waals surface area contributed by atoms with Gasteiger partial charge in [-0.3, -0.25) is 4.79 Å². The normalized spacial score (nSPS) is 15.8. The second kappa shape index (κ2) is 6.26. The summed E-state index contributed by atoms with van der Waals surface area (Å²) in [4.78, 5) is 17.4. The molecule has 1 N–H and O–H groups in total. The number of fused-ring (bicyclic) bond motifs is 1. The van der Waals surface area contributed by atoms with Gasteiger partial charge in [0.1, 0.15) is 5.75 Å². The molecule has 0 spiro atoms. The molecule has 0 radical (unpaired) electrons. The predicted molar refractivity (Wildman–Crippen MR) is 89.0 cm³/mol. The molecule has 3 heterocycles. The minimum Gasteiger partial charge on any atom is -0.480 e. The summed E-state index contributed by atoms with van der Waals surface area (Å²) in [6, 6.07) is 9.16. The van der Waals surface area contributed by atoms with Gasteiger partial charge in [-0.15, -0.1) is 11.3 Å². The summed E-state index contributed by atoms with van der Waals surface area (Å²) in [5.74, 6) is 1.34. The number of hydrogen-bond donors (Lipinski definition) is 1. The number of ether oxygens (including phenoxy) is 1. The first-order chi connectivity index (χ1) is 11.7. The average Bonchev–Trinajstić information content (AvgIpc) is 3.30. The van der Waals surface area contributed by atoms with Gasteiger partial charge in [0, 0.05) is 11.4 Å². The van der Waals surface area contributed by atoms with Crippen molar-refractivity contribution in [3.8, 4) is 16.5 Å². The van der Waals surface area contributed by atoms with Gasteiger partial charge in [0.25, 0.3) is 5.91 Å². The maximum Gasteiger partial charge on any atom is 0.261 e. The molecule has 0 saturated heterocycles. The summed E-state index contributed by atoms with van der Waals surface area (Å²) in [7, 11) is 0. The van der Waals surface area contributed by atoms with Crippen LogP contribution < -0.4 is 10.1 Å². The van der Waals surface area contributed by atoms with Crippen molar-refractivity contribution in [1.29, 1.82) is 0 Å². The maximum atomic E-state index is 12.3. The summed E-state index contributed by atoms with van der Waals surface area (Å²) in [6.07, 6.45) is -0.0791. The fourth-order valence-corrected chi connectivity index (χ4v) is 3.32. The molecule has 2 aromatic heterocycles. The van der Waals surface area contributed by atoms with E-state index in [1.54, 1.807) is 12.1 Å². The molecule has 24 heavy (non-hydrogen) atoms. The Labute approximate surface area is 146 Å². The number of thiophene rings is 1. The van der Waals surface area contributed by atoms with Crippen molar-refractivity contribution in [2.45, 2.75) is 19.1 Å². The molecule has 6 nitrogen and oxygen atoms in total. The van der Waals surface area contributed by atoms with E-state index in [4.69, 9.17) is 20.9 Å². The first-order valence-corrected chi connectivity index (χ1v) is 8.54. The maximum absolute atomic E-state index is 12.3. The molecule has 1 amide bonds. The standard InChI is InChI=1S/C16H12ClN3O3S/c17-10-3-4-11-9(6-10)7-12(22-11)16(21)18-8-14-19-15(20-23-14)13-2-1-5-24-13/h1-6,12H,7-8H2,(H,18,21). The van der Waals surface area contributed by atoms with Crippen LogP contribution in [-0.4, -0.2) is 22.2 Å². The number of carbonyl (C=O) groups excluding carboxylic acids is 1. The van der Waals surface area contributed by atoms with Gasteiger partial charge in [-0.1, -0.05) is 22.8 Å². The highest BCUT2D eigenvalue weighted by molar-refractivity contribution is 7.13. The Kier molecular flexibility index (Phi) is 3.95. The van der Waals surface area contributed by atoms with Crippen molar-refractivity contribution in [3.63, 3.8) is 0 Å². The van der Waals surface area contributed by atoms with E-state index in [1.165, 1.54) is 11.3 Å². The summed E-state index contributed by atoms with van der Waals surface area (Å²) in [5.41, 5.74) is 0.931. The quantitative estimate of drug-likeness (QED) is 0.772. The molecule has 1 aliphatic heterocycles. The monoisotopic (exact) mass is 361 g/mol. The zero-order valence-corrected chi connectivity index (χ0v) is 13.9. The molecule has 0 fully saturated rings. The predicted octanol–water partition coefficient (Wildman–Crippen LogP) is 3.07. The van der Waals surface area contributed by atoms with E-state index in [2.05, 4.69) is 15.5 Å². The minimum atomic E-state index is -0.571. The Morgan fingerprint density at radius 1 is 1.42 bits per heavy atom. The highest BCUT2D eigenvalue weighted by atomic mass is 35.5. The first-order valence-electron chi connectivity index (χ1n) is 7.28. The number of nitrogens with zero attached hydrogens (tertiary/aromatic N) is 2. The molecule has 0 saturated carbocycles. The lowest BCUT2D eigenvalue weighted by Crippen LogP contribution is -2.37. The van der Waals surface area contributed by atoms with Crippen LogP contribution >= 0.6 is 22.9 Å². The van der Waals surface area contributed by atoms with Gasteiger partial charge < -0.3 is 14.6 Å². The number of nitrogens with one attached hydrogen (secondary N) is 1. The Morgan fingerprint density at radius 3 is 3.17 bits per heavy atom. The molecule has 1 unspecified atom stereocenters. The van der Waals surface area contributed by atoms with Gasteiger partial charge in [0.05, 0.1) is 11.4 Å². The van der Waals surface area contributed by atoms with E-state index in [0.29, 0.717) is 28.9 Å². The van der Waals surface area contributed by atoms with Crippen LogP contribution in [0.3, 0.4) is 0 Å². The topological polar surface area (TPSA) is 77.3 Å². The molecular weight excluding hydrogens is 350 g/mol. The van der Waals surface area contributed by atoms with Crippen molar-refractivity contribution in [1.82, 2.24) is 15.5 Å². The van der Waals surface area contributed by atoms with E-state index in [9.17, 15) is 4.79 Å². The third kappa shape index (κ3) is 3.00. The second-order valence-electron chi connectivity index (χ2n) is 5.27. The third-order valence-corrected chi connectivity index (χ3v) is 4.71. The van der Waals surface area contributed by atoms with Gasteiger partial charge in [-0.25, -0.2) is 0 Å².